The van der Waals surface area contributed by atoms with Gasteiger partial charge in [0.05, 0.1) is 7.11 Å². The molecule has 0 amide bonds. The van der Waals surface area contributed by atoms with E-state index in [9.17, 15) is 0 Å². The summed E-state index contributed by atoms with van der Waals surface area (Å²) >= 11 is 0. The minimum Gasteiger partial charge on any atom is -0.493 e. The molecule has 0 saturated carbocycles. The van der Waals surface area contributed by atoms with Gasteiger partial charge in [0.2, 0.25) is 0 Å². The largest absolute Gasteiger partial charge is 0.493 e. The van der Waals surface area contributed by atoms with Crippen molar-refractivity contribution in [1.82, 2.24) is 5.32 Å². The lowest BCUT2D eigenvalue weighted by Crippen LogP contribution is -2.39. The summed E-state index contributed by atoms with van der Waals surface area (Å²) in [5.41, 5.74) is 1.13. The van der Waals surface area contributed by atoms with Crippen LogP contribution in [0.2, 0.25) is 0 Å². The number of hydrogen-bond acceptors (Lipinski definition) is 5. The Hall–Kier alpha value is -2.40. The molecular weight excluding hydrogens is 342 g/mol. The van der Waals surface area contributed by atoms with Crippen molar-refractivity contribution in [2.24, 2.45) is 0 Å². The van der Waals surface area contributed by atoms with Gasteiger partial charge in [0.1, 0.15) is 19.3 Å². The Bertz CT molecular complexity index is 754. The normalized spacial score (nSPS) is 16.1. The van der Waals surface area contributed by atoms with Crippen LogP contribution in [0.25, 0.3) is 0 Å². The molecule has 0 aliphatic carbocycles. The van der Waals surface area contributed by atoms with E-state index in [2.05, 4.69) is 32.2 Å². The maximum absolute atomic E-state index is 6.07. The Morgan fingerprint density at radius 1 is 1.07 bits per heavy atom. The van der Waals surface area contributed by atoms with Gasteiger partial charge in [0, 0.05) is 18.7 Å². The van der Waals surface area contributed by atoms with Crippen molar-refractivity contribution in [3.05, 3.63) is 48.0 Å². The monoisotopic (exact) mass is 371 g/mol. The summed E-state index contributed by atoms with van der Waals surface area (Å²) < 4.78 is 23.2. The third kappa shape index (κ3) is 4.86. The van der Waals surface area contributed by atoms with Gasteiger partial charge < -0.3 is 24.3 Å². The maximum atomic E-state index is 6.07. The zero-order chi connectivity index (χ0) is 19.3. The number of benzene rings is 2. The predicted octanol–water partition coefficient (Wildman–Crippen LogP) is 3.80. The summed E-state index contributed by atoms with van der Waals surface area (Å²) in [4.78, 5) is 0. The van der Waals surface area contributed by atoms with Gasteiger partial charge in [-0.1, -0.05) is 45.0 Å². The quantitative estimate of drug-likeness (QED) is 0.750. The highest BCUT2D eigenvalue weighted by Crippen LogP contribution is 2.38. The first kappa shape index (κ1) is 19.4. The summed E-state index contributed by atoms with van der Waals surface area (Å²) in [6, 6.07) is 13.8. The standard InChI is InChI=1S/C22H29NO4/c1-22(2,3)17-8-7-11-20(24-4)21(17)25-13-12-23-14-16-15-26-18-9-5-6-10-19(18)27-16/h5-11,16,23H,12-15H2,1-4H3/t16-/m1/s1. The zero-order valence-corrected chi connectivity index (χ0v) is 16.6. The highest BCUT2D eigenvalue weighted by atomic mass is 16.6. The minimum atomic E-state index is -0.0159. The van der Waals surface area contributed by atoms with Crippen LogP contribution in [0, 0.1) is 0 Å². The first-order chi connectivity index (χ1) is 13.0. The van der Waals surface area contributed by atoms with Crippen LogP contribution in [0.1, 0.15) is 26.3 Å². The van der Waals surface area contributed by atoms with Crippen molar-refractivity contribution in [2.75, 3.05) is 33.4 Å². The molecule has 1 aliphatic heterocycles. The van der Waals surface area contributed by atoms with E-state index < -0.39 is 0 Å². The minimum absolute atomic E-state index is 0.00343. The molecule has 0 spiro atoms. The number of fused-ring (bicyclic) bond motifs is 1. The van der Waals surface area contributed by atoms with Crippen LogP contribution < -0.4 is 24.3 Å². The molecule has 0 unspecified atom stereocenters. The third-order valence-corrected chi connectivity index (χ3v) is 4.47. The van der Waals surface area contributed by atoms with Crippen LogP contribution >= 0.6 is 0 Å². The number of ether oxygens (including phenoxy) is 4. The average molecular weight is 371 g/mol. The molecule has 1 atom stereocenters. The molecule has 2 aromatic carbocycles. The molecular formula is C22H29NO4. The maximum Gasteiger partial charge on any atom is 0.164 e. The number of hydrogen-bond donors (Lipinski definition) is 1. The van der Waals surface area contributed by atoms with Gasteiger partial charge in [-0.2, -0.15) is 0 Å². The Morgan fingerprint density at radius 3 is 2.59 bits per heavy atom. The van der Waals surface area contributed by atoms with E-state index in [-0.39, 0.29) is 11.5 Å². The van der Waals surface area contributed by atoms with Gasteiger partial charge in [0.25, 0.3) is 0 Å². The molecule has 0 radical (unpaired) electrons. The molecule has 0 bridgehead atoms. The second-order valence-electron chi connectivity index (χ2n) is 7.64. The van der Waals surface area contributed by atoms with Crippen LogP contribution in [0.5, 0.6) is 23.0 Å². The fraction of sp³-hybridized carbons (Fsp3) is 0.455. The fourth-order valence-corrected chi connectivity index (χ4v) is 3.07. The van der Waals surface area contributed by atoms with Gasteiger partial charge in [-0.3, -0.25) is 0 Å². The van der Waals surface area contributed by atoms with E-state index in [1.54, 1.807) is 7.11 Å². The summed E-state index contributed by atoms with van der Waals surface area (Å²) in [6.45, 7) is 9.03. The van der Waals surface area contributed by atoms with E-state index in [0.29, 0.717) is 26.3 Å². The SMILES string of the molecule is COc1cccc(C(C)(C)C)c1OCCNC[C@@H]1COc2ccccc2O1. The molecule has 1 aliphatic rings. The summed E-state index contributed by atoms with van der Waals surface area (Å²) in [6.07, 6.45) is -0.00343. The van der Waals surface area contributed by atoms with Crippen LogP contribution in [0.4, 0.5) is 0 Å². The lowest BCUT2D eigenvalue weighted by molar-refractivity contribution is 0.0897. The molecule has 5 heteroatoms. The molecule has 27 heavy (non-hydrogen) atoms. The van der Waals surface area contributed by atoms with Gasteiger partial charge in [-0.15, -0.1) is 0 Å². The first-order valence-corrected chi connectivity index (χ1v) is 9.38. The van der Waals surface area contributed by atoms with E-state index >= 15 is 0 Å². The second-order valence-corrected chi connectivity index (χ2v) is 7.64. The Labute approximate surface area is 161 Å². The topological polar surface area (TPSA) is 49.0 Å². The average Bonchev–Trinajstić information content (AvgIpc) is 2.66. The van der Waals surface area contributed by atoms with E-state index in [0.717, 1.165) is 28.6 Å². The van der Waals surface area contributed by atoms with Gasteiger partial charge >= 0.3 is 0 Å². The number of para-hydroxylation sites is 3. The number of nitrogens with one attached hydrogen (secondary N) is 1. The number of methoxy groups -OCH3 is 1. The molecule has 2 aromatic rings. The van der Waals surface area contributed by atoms with E-state index in [1.807, 2.05) is 36.4 Å². The second kappa shape index (κ2) is 8.53. The molecule has 5 nitrogen and oxygen atoms in total. The Morgan fingerprint density at radius 2 is 1.85 bits per heavy atom. The zero-order valence-electron chi connectivity index (χ0n) is 16.6. The van der Waals surface area contributed by atoms with Crippen LogP contribution in [-0.4, -0.2) is 39.5 Å². The van der Waals surface area contributed by atoms with E-state index in [4.69, 9.17) is 18.9 Å². The highest BCUT2D eigenvalue weighted by Gasteiger charge is 2.22. The molecule has 0 aromatic heterocycles. The molecule has 0 saturated heterocycles. The van der Waals surface area contributed by atoms with Crippen molar-refractivity contribution >= 4 is 0 Å². The lowest BCUT2D eigenvalue weighted by Gasteiger charge is -2.27. The van der Waals surface area contributed by atoms with Crippen molar-refractivity contribution < 1.29 is 18.9 Å². The van der Waals surface area contributed by atoms with Crippen molar-refractivity contribution in [3.63, 3.8) is 0 Å². The Kier molecular flexibility index (Phi) is 6.11. The molecule has 1 heterocycles. The summed E-state index contributed by atoms with van der Waals surface area (Å²) in [7, 11) is 1.67. The predicted molar refractivity (Wildman–Crippen MR) is 106 cm³/mol. The molecule has 3 rings (SSSR count). The first-order valence-electron chi connectivity index (χ1n) is 9.38. The fourth-order valence-electron chi connectivity index (χ4n) is 3.07. The van der Waals surface area contributed by atoms with Crippen molar-refractivity contribution in [1.29, 1.82) is 0 Å². The van der Waals surface area contributed by atoms with E-state index in [1.165, 1.54) is 0 Å². The van der Waals surface area contributed by atoms with Crippen molar-refractivity contribution in [3.8, 4) is 23.0 Å². The van der Waals surface area contributed by atoms with Crippen LogP contribution in [0.3, 0.4) is 0 Å². The van der Waals surface area contributed by atoms with Gasteiger partial charge in [-0.25, -0.2) is 0 Å². The molecule has 146 valence electrons. The van der Waals surface area contributed by atoms with Crippen LogP contribution in [0.15, 0.2) is 42.5 Å². The smallest absolute Gasteiger partial charge is 0.164 e. The molecule has 1 N–H and O–H groups in total. The highest BCUT2D eigenvalue weighted by molar-refractivity contribution is 5.49. The Balaban J connectivity index is 1.49. The summed E-state index contributed by atoms with van der Waals surface area (Å²) in [5, 5.41) is 3.38. The van der Waals surface area contributed by atoms with Crippen LogP contribution in [-0.2, 0) is 5.41 Å². The van der Waals surface area contributed by atoms with Gasteiger partial charge in [0.15, 0.2) is 23.0 Å². The third-order valence-electron chi connectivity index (χ3n) is 4.47. The van der Waals surface area contributed by atoms with Gasteiger partial charge in [-0.05, 0) is 23.6 Å². The summed E-state index contributed by atoms with van der Waals surface area (Å²) in [5.74, 6) is 3.20. The number of rotatable bonds is 7. The van der Waals surface area contributed by atoms with Crippen molar-refractivity contribution in [2.45, 2.75) is 32.3 Å². The molecule has 0 fully saturated rings. The lowest BCUT2D eigenvalue weighted by atomic mass is 9.86.